The van der Waals surface area contributed by atoms with Crippen LogP contribution in [0.25, 0.3) is 0 Å². The Hall–Kier alpha value is -1.71. The van der Waals surface area contributed by atoms with Gasteiger partial charge < -0.3 is 11.1 Å². The van der Waals surface area contributed by atoms with Crippen molar-refractivity contribution in [2.24, 2.45) is 0 Å². The Balaban J connectivity index is 2.12. The van der Waals surface area contributed by atoms with Gasteiger partial charge in [0.05, 0.1) is 22.2 Å². The highest BCUT2D eigenvalue weighted by Crippen LogP contribution is 2.32. The summed E-state index contributed by atoms with van der Waals surface area (Å²) in [6.45, 7) is 1.86. The monoisotopic (exact) mass is 308 g/mol. The SMILES string of the molecule is Cc1ccc(Cl)c(NC(=O)Cc2ccc(N)cc2)c1Cl. The number of nitrogens with one attached hydrogen (secondary N) is 1. The van der Waals surface area contributed by atoms with E-state index in [-0.39, 0.29) is 12.3 Å². The molecule has 0 aliphatic carbocycles. The van der Waals surface area contributed by atoms with Gasteiger partial charge in [-0.2, -0.15) is 0 Å². The highest BCUT2D eigenvalue weighted by Gasteiger charge is 2.12. The lowest BCUT2D eigenvalue weighted by atomic mass is 10.1. The summed E-state index contributed by atoms with van der Waals surface area (Å²) >= 11 is 12.2. The average molecular weight is 309 g/mol. The molecule has 0 atom stereocenters. The minimum Gasteiger partial charge on any atom is -0.399 e. The van der Waals surface area contributed by atoms with Gasteiger partial charge in [-0.15, -0.1) is 0 Å². The van der Waals surface area contributed by atoms with Crippen molar-refractivity contribution in [3.05, 3.63) is 57.6 Å². The smallest absolute Gasteiger partial charge is 0.228 e. The molecule has 0 bridgehead atoms. The molecule has 20 heavy (non-hydrogen) atoms. The van der Waals surface area contributed by atoms with E-state index in [1.54, 1.807) is 24.3 Å². The summed E-state index contributed by atoms with van der Waals surface area (Å²) in [5.74, 6) is -0.177. The molecule has 3 N–H and O–H groups in total. The molecule has 0 unspecified atom stereocenters. The van der Waals surface area contributed by atoms with Crippen LogP contribution < -0.4 is 11.1 Å². The molecule has 0 spiro atoms. The largest absolute Gasteiger partial charge is 0.399 e. The highest BCUT2D eigenvalue weighted by atomic mass is 35.5. The predicted molar refractivity (Wildman–Crippen MR) is 84.4 cm³/mol. The number of anilines is 2. The van der Waals surface area contributed by atoms with Crippen LogP contribution in [-0.4, -0.2) is 5.91 Å². The minimum absolute atomic E-state index is 0.177. The van der Waals surface area contributed by atoms with Crippen molar-refractivity contribution in [2.45, 2.75) is 13.3 Å². The van der Waals surface area contributed by atoms with E-state index in [0.29, 0.717) is 21.4 Å². The second kappa shape index (κ2) is 6.16. The normalized spacial score (nSPS) is 10.3. The zero-order chi connectivity index (χ0) is 14.7. The third kappa shape index (κ3) is 3.44. The van der Waals surface area contributed by atoms with E-state index < -0.39 is 0 Å². The first-order valence-electron chi connectivity index (χ1n) is 6.06. The second-order valence-corrected chi connectivity index (χ2v) is 5.30. The Morgan fingerprint density at radius 3 is 2.45 bits per heavy atom. The van der Waals surface area contributed by atoms with Crippen LogP contribution in [0, 0.1) is 6.92 Å². The summed E-state index contributed by atoms with van der Waals surface area (Å²) < 4.78 is 0. The lowest BCUT2D eigenvalue weighted by Crippen LogP contribution is -2.15. The van der Waals surface area contributed by atoms with E-state index >= 15 is 0 Å². The predicted octanol–water partition coefficient (Wildman–Crippen LogP) is 4.07. The van der Waals surface area contributed by atoms with Crippen molar-refractivity contribution in [3.63, 3.8) is 0 Å². The number of benzene rings is 2. The number of hydrogen-bond acceptors (Lipinski definition) is 2. The van der Waals surface area contributed by atoms with Gasteiger partial charge in [-0.25, -0.2) is 0 Å². The van der Waals surface area contributed by atoms with Crippen LogP contribution in [-0.2, 0) is 11.2 Å². The van der Waals surface area contributed by atoms with E-state index in [2.05, 4.69) is 5.32 Å². The molecule has 5 heteroatoms. The number of aryl methyl sites for hydroxylation is 1. The molecule has 0 aliphatic rings. The number of carbonyl (C=O) groups excluding carboxylic acids is 1. The second-order valence-electron chi connectivity index (χ2n) is 4.52. The quantitative estimate of drug-likeness (QED) is 0.840. The van der Waals surface area contributed by atoms with Crippen LogP contribution in [0.5, 0.6) is 0 Å². The van der Waals surface area contributed by atoms with Crippen LogP contribution in [0.4, 0.5) is 11.4 Å². The fraction of sp³-hybridized carbons (Fsp3) is 0.133. The van der Waals surface area contributed by atoms with Crippen LogP contribution in [0.15, 0.2) is 36.4 Å². The Labute approximate surface area is 127 Å². The van der Waals surface area contributed by atoms with Crippen LogP contribution in [0.2, 0.25) is 10.0 Å². The van der Waals surface area contributed by atoms with Crippen molar-refractivity contribution in [1.29, 1.82) is 0 Å². The fourth-order valence-electron chi connectivity index (χ4n) is 1.78. The Morgan fingerprint density at radius 2 is 1.80 bits per heavy atom. The summed E-state index contributed by atoms with van der Waals surface area (Å²) in [5.41, 5.74) is 8.45. The van der Waals surface area contributed by atoms with Gasteiger partial charge >= 0.3 is 0 Å². The summed E-state index contributed by atoms with van der Waals surface area (Å²) in [6.07, 6.45) is 0.237. The number of amides is 1. The molecular weight excluding hydrogens is 295 g/mol. The standard InChI is InChI=1S/C15H14Cl2N2O/c1-9-2-7-12(16)15(14(9)17)19-13(20)8-10-3-5-11(18)6-4-10/h2-7H,8,18H2,1H3,(H,19,20). The van der Waals surface area contributed by atoms with E-state index in [1.807, 2.05) is 19.1 Å². The molecule has 1 amide bonds. The zero-order valence-electron chi connectivity index (χ0n) is 10.9. The number of rotatable bonds is 3. The van der Waals surface area contributed by atoms with Crippen LogP contribution in [0.1, 0.15) is 11.1 Å². The first kappa shape index (κ1) is 14.7. The van der Waals surface area contributed by atoms with Gasteiger partial charge in [0.25, 0.3) is 0 Å². The van der Waals surface area contributed by atoms with Gasteiger partial charge in [-0.05, 0) is 36.2 Å². The maximum absolute atomic E-state index is 12.0. The third-order valence-electron chi connectivity index (χ3n) is 2.89. The zero-order valence-corrected chi connectivity index (χ0v) is 12.4. The van der Waals surface area contributed by atoms with Crippen molar-refractivity contribution in [1.82, 2.24) is 0 Å². The number of halogens is 2. The van der Waals surface area contributed by atoms with Gasteiger partial charge in [-0.3, -0.25) is 4.79 Å². The molecule has 104 valence electrons. The number of hydrogen-bond donors (Lipinski definition) is 2. The topological polar surface area (TPSA) is 55.1 Å². The van der Waals surface area contributed by atoms with E-state index in [1.165, 1.54) is 0 Å². The number of carbonyl (C=O) groups is 1. The summed E-state index contributed by atoms with van der Waals surface area (Å²) in [5, 5.41) is 3.63. The summed E-state index contributed by atoms with van der Waals surface area (Å²) in [4.78, 5) is 12.0. The maximum atomic E-state index is 12.0. The lowest BCUT2D eigenvalue weighted by molar-refractivity contribution is -0.115. The van der Waals surface area contributed by atoms with Crippen molar-refractivity contribution in [2.75, 3.05) is 11.1 Å². The molecule has 3 nitrogen and oxygen atoms in total. The highest BCUT2D eigenvalue weighted by molar-refractivity contribution is 6.40. The van der Waals surface area contributed by atoms with E-state index in [4.69, 9.17) is 28.9 Å². The molecule has 2 rings (SSSR count). The minimum atomic E-state index is -0.177. The van der Waals surface area contributed by atoms with Crippen molar-refractivity contribution >= 4 is 40.5 Å². The van der Waals surface area contributed by atoms with E-state index in [9.17, 15) is 4.79 Å². The molecule has 2 aromatic rings. The molecule has 0 radical (unpaired) electrons. The Kier molecular flexibility index (Phi) is 4.53. The fourth-order valence-corrected chi connectivity index (χ4v) is 2.24. The first-order valence-corrected chi connectivity index (χ1v) is 6.82. The van der Waals surface area contributed by atoms with Gasteiger partial charge in [0.1, 0.15) is 0 Å². The van der Waals surface area contributed by atoms with Crippen LogP contribution >= 0.6 is 23.2 Å². The summed E-state index contributed by atoms with van der Waals surface area (Å²) in [7, 11) is 0. The molecule has 0 aliphatic heterocycles. The summed E-state index contributed by atoms with van der Waals surface area (Å²) in [6, 6.07) is 10.7. The first-order chi connectivity index (χ1) is 9.47. The molecule has 0 saturated carbocycles. The Morgan fingerprint density at radius 1 is 1.15 bits per heavy atom. The van der Waals surface area contributed by atoms with Gasteiger partial charge in [-0.1, -0.05) is 41.4 Å². The molecule has 2 aromatic carbocycles. The molecule has 0 saturated heterocycles. The number of nitrogen functional groups attached to an aromatic ring is 1. The Bertz CT molecular complexity index is 639. The van der Waals surface area contributed by atoms with E-state index in [0.717, 1.165) is 11.1 Å². The molecule has 0 fully saturated rings. The van der Waals surface area contributed by atoms with Crippen molar-refractivity contribution in [3.8, 4) is 0 Å². The van der Waals surface area contributed by atoms with Crippen LogP contribution in [0.3, 0.4) is 0 Å². The third-order valence-corrected chi connectivity index (χ3v) is 3.70. The average Bonchev–Trinajstić information content (AvgIpc) is 2.42. The van der Waals surface area contributed by atoms with Gasteiger partial charge in [0.15, 0.2) is 0 Å². The van der Waals surface area contributed by atoms with Gasteiger partial charge in [0.2, 0.25) is 5.91 Å². The van der Waals surface area contributed by atoms with Crippen molar-refractivity contribution < 1.29 is 4.79 Å². The molecule has 0 aromatic heterocycles. The van der Waals surface area contributed by atoms with Gasteiger partial charge in [0, 0.05) is 5.69 Å². The lowest BCUT2D eigenvalue weighted by Gasteiger charge is -2.11. The number of nitrogens with two attached hydrogens (primary N) is 1. The molecular formula is C15H14Cl2N2O. The maximum Gasteiger partial charge on any atom is 0.228 e. The molecule has 0 heterocycles.